The van der Waals surface area contributed by atoms with Crippen molar-refractivity contribution in [3.05, 3.63) is 74.8 Å². The summed E-state index contributed by atoms with van der Waals surface area (Å²) in [6.45, 7) is 0.154. The summed E-state index contributed by atoms with van der Waals surface area (Å²) in [4.78, 5) is 27.2. The number of nitro groups is 1. The molecule has 2 aromatic rings. The number of carbonyl (C=O) groups excluding carboxylic acids is 1. The van der Waals surface area contributed by atoms with Crippen molar-refractivity contribution < 1.29 is 14.6 Å². The summed E-state index contributed by atoms with van der Waals surface area (Å²) in [5.74, 6) is -0.722. The van der Waals surface area contributed by atoms with Crippen LogP contribution in [-0.2, 0) is 11.4 Å². The lowest BCUT2D eigenvalue weighted by Crippen LogP contribution is -2.24. The van der Waals surface area contributed by atoms with E-state index in [-0.39, 0.29) is 22.9 Å². The van der Waals surface area contributed by atoms with Gasteiger partial charge in [-0.2, -0.15) is 0 Å². The Balaban J connectivity index is 2.03. The molecule has 6 nitrogen and oxygen atoms in total. The predicted molar refractivity (Wildman–Crippen MR) is 76.8 cm³/mol. The number of nitro benzene ring substituents is 1. The second kappa shape index (κ2) is 6.83. The molecule has 7 heteroatoms. The van der Waals surface area contributed by atoms with Crippen LogP contribution >= 0.6 is 11.6 Å². The Hall–Kier alpha value is -2.44. The van der Waals surface area contributed by atoms with Crippen molar-refractivity contribution in [3.63, 3.8) is 0 Å². The Labute approximate surface area is 125 Å². The highest BCUT2D eigenvalue weighted by Gasteiger charge is 2.20. The lowest BCUT2D eigenvalue weighted by atomic mass is 10.2. The monoisotopic (exact) mass is 306 g/mol. The van der Waals surface area contributed by atoms with E-state index in [0.29, 0.717) is 0 Å². The van der Waals surface area contributed by atoms with Crippen LogP contribution in [-0.4, -0.2) is 10.8 Å². The van der Waals surface area contributed by atoms with Crippen LogP contribution in [0.25, 0.3) is 0 Å². The van der Waals surface area contributed by atoms with Gasteiger partial charge >= 0.3 is 0 Å². The van der Waals surface area contributed by atoms with E-state index in [1.165, 1.54) is 18.2 Å². The van der Waals surface area contributed by atoms with Crippen LogP contribution in [0.3, 0.4) is 0 Å². The summed E-state index contributed by atoms with van der Waals surface area (Å²) in [5, 5.41) is 11.1. The zero-order valence-corrected chi connectivity index (χ0v) is 11.5. The third kappa shape index (κ3) is 4.01. The molecule has 0 aliphatic heterocycles. The Morgan fingerprint density at radius 2 is 1.95 bits per heavy atom. The lowest BCUT2D eigenvalue weighted by Gasteiger charge is -2.06. The van der Waals surface area contributed by atoms with Gasteiger partial charge in [-0.05, 0) is 17.7 Å². The minimum Gasteiger partial charge on any atom is -0.269 e. The molecule has 108 valence electrons. The summed E-state index contributed by atoms with van der Waals surface area (Å²) in [6.07, 6.45) is 0. The SMILES string of the molecule is O=C(NOCc1ccccc1)c1cc(Cl)ccc1[N+](=O)[O-]. The number of hydrogen-bond donors (Lipinski definition) is 1. The Kier molecular flexibility index (Phi) is 4.86. The van der Waals surface area contributed by atoms with Crippen molar-refractivity contribution in [3.8, 4) is 0 Å². The van der Waals surface area contributed by atoms with Gasteiger partial charge in [0.15, 0.2) is 0 Å². The summed E-state index contributed by atoms with van der Waals surface area (Å²) >= 11 is 5.75. The number of carbonyl (C=O) groups is 1. The maximum absolute atomic E-state index is 11.9. The molecular formula is C14H11ClN2O4. The van der Waals surface area contributed by atoms with E-state index < -0.39 is 10.8 Å². The molecule has 0 radical (unpaired) electrons. The van der Waals surface area contributed by atoms with Crippen LogP contribution in [0, 0.1) is 10.1 Å². The van der Waals surface area contributed by atoms with Gasteiger partial charge < -0.3 is 0 Å². The molecule has 0 aliphatic carbocycles. The first-order valence-electron chi connectivity index (χ1n) is 5.98. The molecule has 2 rings (SSSR count). The predicted octanol–water partition coefficient (Wildman–Crippen LogP) is 3.11. The second-order valence-electron chi connectivity index (χ2n) is 4.12. The molecule has 0 fully saturated rings. The molecule has 0 saturated heterocycles. The number of benzene rings is 2. The van der Waals surface area contributed by atoms with E-state index in [0.717, 1.165) is 5.56 Å². The van der Waals surface area contributed by atoms with Gasteiger partial charge in [0.05, 0.1) is 11.5 Å². The number of rotatable bonds is 5. The standard InChI is InChI=1S/C14H11ClN2O4/c15-11-6-7-13(17(19)20)12(8-11)14(18)16-21-9-10-4-2-1-3-5-10/h1-8H,9H2,(H,16,18). The first kappa shape index (κ1) is 15.0. The molecule has 0 saturated carbocycles. The Morgan fingerprint density at radius 3 is 2.62 bits per heavy atom. The summed E-state index contributed by atoms with van der Waals surface area (Å²) in [5.41, 5.74) is 2.54. The quantitative estimate of drug-likeness (QED) is 0.679. The first-order valence-corrected chi connectivity index (χ1v) is 6.35. The number of nitrogens with one attached hydrogen (secondary N) is 1. The van der Waals surface area contributed by atoms with Crippen molar-refractivity contribution in [1.82, 2.24) is 5.48 Å². The van der Waals surface area contributed by atoms with Crippen LogP contribution < -0.4 is 5.48 Å². The fraction of sp³-hybridized carbons (Fsp3) is 0.0714. The third-order valence-electron chi connectivity index (χ3n) is 2.65. The average Bonchev–Trinajstić information content (AvgIpc) is 2.47. The van der Waals surface area contributed by atoms with Crippen molar-refractivity contribution in [2.24, 2.45) is 0 Å². The van der Waals surface area contributed by atoms with Crippen LogP contribution in [0.15, 0.2) is 48.5 Å². The van der Waals surface area contributed by atoms with Crippen molar-refractivity contribution in [2.45, 2.75) is 6.61 Å². The molecule has 0 unspecified atom stereocenters. The molecule has 0 atom stereocenters. The fourth-order valence-corrected chi connectivity index (χ4v) is 1.84. The van der Waals surface area contributed by atoms with Gasteiger partial charge in [-0.1, -0.05) is 41.9 Å². The van der Waals surface area contributed by atoms with Gasteiger partial charge in [-0.15, -0.1) is 0 Å². The molecule has 0 aromatic heterocycles. The summed E-state index contributed by atoms with van der Waals surface area (Å²) in [6, 6.07) is 12.9. The highest BCUT2D eigenvalue weighted by molar-refractivity contribution is 6.31. The number of nitrogens with zero attached hydrogens (tertiary/aromatic N) is 1. The van der Waals surface area contributed by atoms with Crippen molar-refractivity contribution >= 4 is 23.2 Å². The molecular weight excluding hydrogens is 296 g/mol. The van der Waals surface area contributed by atoms with Crippen LogP contribution in [0.2, 0.25) is 5.02 Å². The van der Waals surface area contributed by atoms with E-state index in [1.54, 1.807) is 0 Å². The molecule has 0 heterocycles. The van der Waals surface area contributed by atoms with Gasteiger partial charge in [0, 0.05) is 11.1 Å². The zero-order valence-electron chi connectivity index (χ0n) is 10.8. The fourth-order valence-electron chi connectivity index (χ4n) is 1.66. The van der Waals surface area contributed by atoms with Gasteiger partial charge in [-0.25, -0.2) is 5.48 Å². The van der Waals surface area contributed by atoms with E-state index >= 15 is 0 Å². The van der Waals surface area contributed by atoms with E-state index in [4.69, 9.17) is 16.4 Å². The molecule has 0 bridgehead atoms. The summed E-state index contributed by atoms with van der Waals surface area (Å²) in [7, 11) is 0. The molecule has 0 aliphatic rings. The molecule has 21 heavy (non-hydrogen) atoms. The van der Waals surface area contributed by atoms with Crippen LogP contribution in [0.5, 0.6) is 0 Å². The average molecular weight is 307 g/mol. The normalized spacial score (nSPS) is 10.1. The number of halogens is 1. The van der Waals surface area contributed by atoms with Gasteiger partial charge in [-0.3, -0.25) is 19.7 Å². The highest BCUT2D eigenvalue weighted by atomic mass is 35.5. The molecule has 0 spiro atoms. The minimum atomic E-state index is -0.722. The zero-order chi connectivity index (χ0) is 15.2. The molecule has 1 N–H and O–H groups in total. The van der Waals surface area contributed by atoms with Gasteiger partial charge in [0.2, 0.25) is 0 Å². The number of amides is 1. The summed E-state index contributed by atoms with van der Waals surface area (Å²) < 4.78 is 0. The first-order chi connectivity index (χ1) is 10.1. The number of hydroxylamine groups is 1. The largest absolute Gasteiger partial charge is 0.282 e. The highest BCUT2D eigenvalue weighted by Crippen LogP contribution is 2.22. The van der Waals surface area contributed by atoms with Gasteiger partial charge in [0.1, 0.15) is 5.56 Å². The van der Waals surface area contributed by atoms with E-state index in [2.05, 4.69) is 5.48 Å². The van der Waals surface area contributed by atoms with Crippen LogP contribution in [0.4, 0.5) is 5.69 Å². The minimum absolute atomic E-state index is 0.152. The second-order valence-corrected chi connectivity index (χ2v) is 4.56. The maximum Gasteiger partial charge on any atom is 0.282 e. The molecule has 1 amide bonds. The van der Waals surface area contributed by atoms with E-state index in [9.17, 15) is 14.9 Å². The van der Waals surface area contributed by atoms with Crippen LogP contribution in [0.1, 0.15) is 15.9 Å². The maximum atomic E-state index is 11.9. The Morgan fingerprint density at radius 1 is 1.24 bits per heavy atom. The van der Waals surface area contributed by atoms with Crippen molar-refractivity contribution in [1.29, 1.82) is 0 Å². The number of hydrogen-bond acceptors (Lipinski definition) is 4. The van der Waals surface area contributed by atoms with E-state index in [1.807, 2.05) is 30.3 Å². The lowest BCUT2D eigenvalue weighted by molar-refractivity contribution is -0.385. The topological polar surface area (TPSA) is 81.5 Å². The van der Waals surface area contributed by atoms with Crippen molar-refractivity contribution in [2.75, 3.05) is 0 Å². The Bertz CT molecular complexity index is 661. The smallest absolute Gasteiger partial charge is 0.269 e. The van der Waals surface area contributed by atoms with Gasteiger partial charge in [0.25, 0.3) is 11.6 Å². The molecule has 2 aromatic carbocycles. The third-order valence-corrected chi connectivity index (χ3v) is 2.88.